The van der Waals surface area contributed by atoms with E-state index in [9.17, 15) is 4.39 Å². The number of nitrogens with zero attached hydrogens (tertiary/aromatic N) is 1. The molecule has 1 aromatic heterocycles. The number of benzene rings is 5. The van der Waals surface area contributed by atoms with Crippen molar-refractivity contribution in [1.82, 2.24) is 9.88 Å². The van der Waals surface area contributed by atoms with E-state index in [4.69, 9.17) is 9.47 Å². The van der Waals surface area contributed by atoms with E-state index in [-0.39, 0.29) is 17.9 Å². The van der Waals surface area contributed by atoms with Gasteiger partial charge in [-0.2, -0.15) is 0 Å². The van der Waals surface area contributed by atoms with Crippen molar-refractivity contribution in [3.63, 3.8) is 0 Å². The molecule has 3 heterocycles. The maximum atomic E-state index is 14.0. The highest BCUT2D eigenvalue weighted by atomic mass is 19.1. The van der Waals surface area contributed by atoms with E-state index in [2.05, 4.69) is 88.7 Å². The minimum atomic E-state index is -0.215. The summed E-state index contributed by atoms with van der Waals surface area (Å²) < 4.78 is 26.3. The molecule has 2 aliphatic rings. The van der Waals surface area contributed by atoms with Crippen LogP contribution in [-0.4, -0.2) is 23.5 Å². The molecule has 1 N–H and O–H groups in total. The van der Waals surface area contributed by atoms with Gasteiger partial charge in [0.15, 0.2) is 11.5 Å². The van der Waals surface area contributed by atoms with Crippen LogP contribution in [0.1, 0.15) is 45.6 Å². The molecule has 6 aromatic rings. The molecule has 2 atom stereocenters. The number of aromatic amines is 1. The first-order valence-corrected chi connectivity index (χ1v) is 14.6. The number of hydrogen-bond acceptors (Lipinski definition) is 3. The molecule has 8 rings (SSSR count). The monoisotopic (exact) mass is 554 g/mol. The quantitative estimate of drug-likeness (QED) is 0.233. The molecule has 0 spiro atoms. The lowest BCUT2D eigenvalue weighted by molar-refractivity contribution is 0.127. The molecule has 0 amide bonds. The fraction of sp³-hybridized carbons (Fsp3) is 0.189. The molecule has 2 unspecified atom stereocenters. The van der Waals surface area contributed by atoms with Gasteiger partial charge in [0.2, 0.25) is 0 Å². The van der Waals surface area contributed by atoms with Gasteiger partial charge < -0.3 is 14.5 Å². The summed E-state index contributed by atoms with van der Waals surface area (Å²) in [6.07, 6.45) is 1.79. The molecule has 42 heavy (non-hydrogen) atoms. The minimum absolute atomic E-state index is 0.00368. The molecule has 5 heteroatoms. The zero-order valence-electron chi connectivity index (χ0n) is 23.4. The Balaban J connectivity index is 1.20. The van der Waals surface area contributed by atoms with Gasteiger partial charge in [0, 0.05) is 29.2 Å². The highest BCUT2D eigenvalue weighted by Gasteiger charge is 2.41. The highest BCUT2D eigenvalue weighted by Crippen LogP contribution is 2.49. The van der Waals surface area contributed by atoms with Gasteiger partial charge in [-0.15, -0.1) is 0 Å². The molecule has 0 saturated carbocycles. The van der Waals surface area contributed by atoms with Crippen molar-refractivity contribution in [3.05, 3.63) is 142 Å². The first-order chi connectivity index (χ1) is 20.7. The van der Waals surface area contributed by atoms with Crippen LogP contribution in [0.3, 0.4) is 0 Å². The molecular formula is C37H31FN2O2. The fourth-order valence-corrected chi connectivity index (χ4v) is 7.06. The van der Waals surface area contributed by atoms with Gasteiger partial charge >= 0.3 is 0 Å². The molecule has 0 saturated heterocycles. The Bertz CT molecular complexity index is 1940. The first kappa shape index (κ1) is 25.1. The van der Waals surface area contributed by atoms with Crippen LogP contribution in [0.15, 0.2) is 103 Å². The zero-order chi connectivity index (χ0) is 28.2. The van der Waals surface area contributed by atoms with Gasteiger partial charge in [-0.25, -0.2) is 4.39 Å². The maximum Gasteiger partial charge on any atom is 0.162 e. The molecule has 0 fully saturated rings. The summed E-state index contributed by atoms with van der Waals surface area (Å²) in [6.45, 7) is 1.36. The number of para-hydroxylation sites is 1. The Morgan fingerprint density at radius 2 is 1.67 bits per heavy atom. The molecule has 0 aliphatic carbocycles. The maximum absolute atomic E-state index is 14.0. The zero-order valence-corrected chi connectivity index (χ0v) is 23.4. The van der Waals surface area contributed by atoms with Crippen molar-refractivity contribution in [2.24, 2.45) is 0 Å². The molecule has 2 aliphatic heterocycles. The average molecular weight is 555 g/mol. The number of fused-ring (bicyclic) bond motifs is 7. The number of halogens is 1. The van der Waals surface area contributed by atoms with Gasteiger partial charge in [0.1, 0.15) is 12.4 Å². The smallest absolute Gasteiger partial charge is 0.162 e. The van der Waals surface area contributed by atoms with Gasteiger partial charge in [0.05, 0.1) is 13.2 Å². The van der Waals surface area contributed by atoms with Crippen molar-refractivity contribution in [2.75, 3.05) is 13.7 Å². The summed E-state index contributed by atoms with van der Waals surface area (Å²) in [7, 11) is 1.71. The lowest BCUT2D eigenvalue weighted by atomic mass is 9.80. The van der Waals surface area contributed by atoms with Crippen LogP contribution in [0.5, 0.6) is 11.5 Å². The predicted molar refractivity (Wildman–Crippen MR) is 165 cm³/mol. The van der Waals surface area contributed by atoms with Crippen LogP contribution < -0.4 is 9.47 Å². The number of nitrogens with one attached hydrogen (secondary N) is 1. The van der Waals surface area contributed by atoms with Gasteiger partial charge in [-0.1, -0.05) is 66.7 Å². The van der Waals surface area contributed by atoms with Crippen LogP contribution in [0.2, 0.25) is 0 Å². The lowest BCUT2D eigenvalue weighted by Gasteiger charge is -2.46. The number of aromatic nitrogens is 1. The molecule has 208 valence electrons. The third kappa shape index (κ3) is 4.15. The van der Waals surface area contributed by atoms with Crippen molar-refractivity contribution >= 4 is 21.7 Å². The molecule has 4 nitrogen and oxygen atoms in total. The highest BCUT2D eigenvalue weighted by molar-refractivity contribution is 5.85. The number of H-pyrrole nitrogens is 1. The second-order valence-corrected chi connectivity index (χ2v) is 11.4. The Kier molecular flexibility index (Phi) is 6.00. The Labute approximate surface area is 244 Å². The number of hydrogen-bond donors (Lipinski definition) is 1. The standard InChI is InChI=1S/C37H31FN2O2/c1-41-34-19-27-16-17-40-33(30(27)21-35(34)42-22-23-10-11-24-6-2-3-7-26(24)18-23)20-31-29-8-4-5-9-32(29)39-36(31)37(40)25-12-14-28(38)15-13-25/h2-15,18-19,21,33,37,39H,16-17,20,22H2,1H3. The number of rotatable bonds is 5. The van der Waals surface area contributed by atoms with E-state index in [1.807, 2.05) is 12.1 Å². The SMILES string of the molecule is COc1cc2c(cc1OCc1ccc3ccccc3c1)C1Cc3c([nH]c4ccccc34)C(c3ccc(F)cc3)N1CC2. The second-order valence-electron chi connectivity index (χ2n) is 11.4. The summed E-state index contributed by atoms with van der Waals surface area (Å²) in [5.41, 5.74) is 8.48. The van der Waals surface area contributed by atoms with Crippen LogP contribution in [0.25, 0.3) is 21.7 Å². The molecule has 0 bridgehead atoms. The normalized spacial score (nSPS) is 18.0. The van der Waals surface area contributed by atoms with E-state index in [1.165, 1.54) is 38.5 Å². The first-order valence-electron chi connectivity index (χ1n) is 14.6. The summed E-state index contributed by atoms with van der Waals surface area (Å²) in [5, 5.41) is 3.68. The minimum Gasteiger partial charge on any atom is -0.493 e. The fourth-order valence-electron chi connectivity index (χ4n) is 7.06. The van der Waals surface area contributed by atoms with Crippen molar-refractivity contribution < 1.29 is 13.9 Å². The van der Waals surface area contributed by atoms with E-state index in [0.29, 0.717) is 6.61 Å². The van der Waals surface area contributed by atoms with Gasteiger partial charge in [0.25, 0.3) is 0 Å². The summed E-state index contributed by atoms with van der Waals surface area (Å²) >= 11 is 0. The van der Waals surface area contributed by atoms with Crippen molar-refractivity contribution in [1.29, 1.82) is 0 Å². The van der Waals surface area contributed by atoms with E-state index in [1.54, 1.807) is 19.2 Å². The topological polar surface area (TPSA) is 37.5 Å². The number of ether oxygens (including phenoxy) is 2. The number of methoxy groups -OCH3 is 1. The van der Waals surface area contributed by atoms with E-state index < -0.39 is 0 Å². The summed E-state index contributed by atoms with van der Waals surface area (Å²) in [5.74, 6) is 1.31. The molecule has 0 radical (unpaired) electrons. The average Bonchev–Trinajstić information content (AvgIpc) is 3.41. The third-order valence-corrected chi connectivity index (χ3v) is 9.07. The lowest BCUT2D eigenvalue weighted by Crippen LogP contribution is -2.43. The predicted octanol–water partition coefficient (Wildman–Crippen LogP) is 8.29. The van der Waals surface area contributed by atoms with Crippen LogP contribution in [0.4, 0.5) is 4.39 Å². The Morgan fingerprint density at radius 1 is 0.857 bits per heavy atom. The summed E-state index contributed by atoms with van der Waals surface area (Å²) in [4.78, 5) is 6.31. The van der Waals surface area contributed by atoms with E-state index >= 15 is 0 Å². The van der Waals surface area contributed by atoms with Gasteiger partial charge in [-0.05, 0) is 87.8 Å². The Hall–Kier alpha value is -4.61. The Morgan fingerprint density at radius 3 is 2.52 bits per heavy atom. The van der Waals surface area contributed by atoms with Crippen LogP contribution in [0, 0.1) is 5.82 Å². The van der Waals surface area contributed by atoms with Gasteiger partial charge in [-0.3, -0.25) is 4.90 Å². The van der Waals surface area contributed by atoms with Crippen molar-refractivity contribution in [2.45, 2.75) is 31.5 Å². The largest absolute Gasteiger partial charge is 0.493 e. The van der Waals surface area contributed by atoms with Crippen molar-refractivity contribution in [3.8, 4) is 11.5 Å². The molecule has 5 aromatic carbocycles. The van der Waals surface area contributed by atoms with Crippen LogP contribution >= 0.6 is 0 Å². The van der Waals surface area contributed by atoms with Crippen LogP contribution in [-0.2, 0) is 19.4 Å². The van der Waals surface area contributed by atoms with E-state index in [0.717, 1.165) is 47.5 Å². The summed E-state index contributed by atoms with van der Waals surface area (Å²) in [6, 6.07) is 34.9. The molecular weight excluding hydrogens is 523 g/mol. The second kappa shape index (κ2) is 10.0. The third-order valence-electron chi connectivity index (χ3n) is 9.07.